The molecule has 5 atom stereocenters. The molecule has 2 heteroatoms. The van der Waals surface area contributed by atoms with Gasteiger partial charge in [0.1, 0.15) is 0 Å². The number of carboxylic acids is 1. The van der Waals surface area contributed by atoms with Gasteiger partial charge >= 0.3 is 5.97 Å². The predicted octanol–water partition coefficient (Wildman–Crippen LogP) is 4.61. The number of hydrogen-bond donors (Lipinski definition) is 1. The van der Waals surface area contributed by atoms with E-state index in [2.05, 4.69) is 19.1 Å². The van der Waals surface area contributed by atoms with Crippen LogP contribution in [0.1, 0.15) is 52.4 Å². The van der Waals surface area contributed by atoms with Crippen molar-refractivity contribution in [3.8, 4) is 0 Å². The number of carboxylic acid groups (broad SMARTS) is 1. The predicted molar refractivity (Wildman–Crippen MR) is 89.7 cm³/mol. The minimum Gasteiger partial charge on any atom is -0.481 e. The Bertz CT molecular complexity index is 536. The van der Waals surface area contributed by atoms with E-state index >= 15 is 0 Å². The minimum atomic E-state index is -0.581. The van der Waals surface area contributed by atoms with E-state index in [0.29, 0.717) is 17.8 Å². The first kappa shape index (κ1) is 14.5. The normalized spacial score (nSPS) is 57.1. The highest BCUT2D eigenvalue weighted by Crippen LogP contribution is 2.68. The van der Waals surface area contributed by atoms with Crippen molar-refractivity contribution in [2.45, 2.75) is 52.4 Å². The first-order valence-corrected chi connectivity index (χ1v) is 9.89. The summed E-state index contributed by atoms with van der Waals surface area (Å²) in [5.41, 5.74) is -0.0225. The van der Waals surface area contributed by atoms with Crippen LogP contribution in [0.3, 0.4) is 0 Å². The van der Waals surface area contributed by atoms with Gasteiger partial charge in [0.15, 0.2) is 0 Å². The zero-order valence-corrected chi connectivity index (χ0v) is 14.4. The Balaban J connectivity index is 1.53. The molecule has 0 heterocycles. The van der Waals surface area contributed by atoms with E-state index < -0.39 is 5.97 Å². The molecule has 0 aromatic rings. The Morgan fingerprint density at radius 2 is 1.65 bits per heavy atom. The van der Waals surface area contributed by atoms with E-state index in [0.717, 1.165) is 29.6 Å². The third-order valence-electron chi connectivity index (χ3n) is 9.11. The highest BCUT2D eigenvalue weighted by Gasteiger charge is 2.63. The van der Waals surface area contributed by atoms with Crippen molar-refractivity contribution in [2.24, 2.45) is 58.7 Å². The van der Waals surface area contributed by atoms with Gasteiger partial charge in [-0.3, -0.25) is 4.79 Å². The minimum absolute atomic E-state index is 0.0225. The molecule has 23 heavy (non-hydrogen) atoms. The lowest BCUT2D eigenvalue weighted by Crippen LogP contribution is -2.53. The fourth-order valence-electron chi connectivity index (χ4n) is 8.29. The average Bonchev–Trinajstić information content (AvgIpc) is 3.07. The molecule has 0 spiro atoms. The van der Waals surface area contributed by atoms with Gasteiger partial charge in [-0.05, 0) is 91.3 Å². The lowest BCUT2D eigenvalue weighted by Gasteiger charge is -2.60. The van der Waals surface area contributed by atoms with Crippen LogP contribution < -0.4 is 0 Å². The summed E-state index contributed by atoms with van der Waals surface area (Å²) in [5.74, 6) is 5.63. The molecule has 6 aliphatic carbocycles. The largest absolute Gasteiger partial charge is 0.481 e. The first-order valence-electron chi connectivity index (χ1n) is 9.89. The van der Waals surface area contributed by atoms with E-state index in [1.807, 2.05) is 6.92 Å². The van der Waals surface area contributed by atoms with Crippen LogP contribution in [-0.4, -0.2) is 11.1 Å². The van der Waals surface area contributed by atoms with Crippen LogP contribution in [0.25, 0.3) is 0 Å². The fraction of sp³-hybridized carbons (Fsp3) is 0.857. The van der Waals surface area contributed by atoms with Crippen LogP contribution in [0.15, 0.2) is 12.2 Å². The Hall–Kier alpha value is -0.790. The van der Waals surface area contributed by atoms with Gasteiger partial charge in [0, 0.05) is 0 Å². The van der Waals surface area contributed by atoms with Crippen LogP contribution in [0, 0.1) is 58.7 Å². The molecule has 126 valence electrons. The van der Waals surface area contributed by atoms with Crippen LogP contribution >= 0.6 is 0 Å². The second kappa shape index (κ2) is 4.64. The van der Waals surface area contributed by atoms with E-state index in [1.54, 1.807) is 0 Å². The molecular weight excluding hydrogens is 284 g/mol. The Morgan fingerprint density at radius 3 is 2.22 bits per heavy atom. The third kappa shape index (κ3) is 1.79. The molecule has 6 bridgehead atoms. The molecule has 6 aliphatic rings. The summed E-state index contributed by atoms with van der Waals surface area (Å²) in [5, 5.41) is 9.78. The molecule has 5 unspecified atom stereocenters. The lowest BCUT2D eigenvalue weighted by molar-refractivity contribution is -0.153. The highest BCUT2D eigenvalue weighted by atomic mass is 16.4. The Kier molecular flexibility index (Phi) is 2.93. The maximum Gasteiger partial charge on any atom is 0.306 e. The summed E-state index contributed by atoms with van der Waals surface area (Å²) in [6.45, 7) is 4.32. The van der Waals surface area contributed by atoms with E-state index in [-0.39, 0.29) is 11.3 Å². The molecule has 1 N–H and O–H groups in total. The van der Waals surface area contributed by atoms with Gasteiger partial charge in [0.2, 0.25) is 0 Å². The third-order valence-corrected chi connectivity index (χ3v) is 9.11. The van der Waals surface area contributed by atoms with Crippen molar-refractivity contribution in [1.82, 2.24) is 0 Å². The Labute approximate surface area is 139 Å². The Morgan fingerprint density at radius 1 is 1.04 bits per heavy atom. The molecule has 0 saturated heterocycles. The van der Waals surface area contributed by atoms with Gasteiger partial charge in [-0.25, -0.2) is 0 Å². The summed E-state index contributed by atoms with van der Waals surface area (Å²) in [6, 6.07) is 0. The van der Waals surface area contributed by atoms with Crippen molar-refractivity contribution in [3.63, 3.8) is 0 Å². The second-order valence-corrected chi connectivity index (χ2v) is 9.85. The lowest BCUT2D eigenvalue weighted by atomic mass is 9.45. The second-order valence-electron chi connectivity index (χ2n) is 9.85. The number of allylic oxidation sites excluding steroid dienone is 2. The number of aliphatic carboxylic acids is 1. The fourth-order valence-corrected chi connectivity index (χ4v) is 8.29. The van der Waals surface area contributed by atoms with Crippen LogP contribution in [-0.2, 0) is 4.79 Å². The van der Waals surface area contributed by atoms with Gasteiger partial charge in [-0.15, -0.1) is 0 Å². The maximum absolute atomic E-state index is 11.9. The SMILES string of the molecule is CC(C(=O)O)C1(C)C2C=CC(C2)C1C1C2CC3CC(C2)CC1C3. The van der Waals surface area contributed by atoms with Crippen LogP contribution in [0.5, 0.6) is 0 Å². The maximum atomic E-state index is 11.9. The van der Waals surface area contributed by atoms with Crippen molar-refractivity contribution in [2.75, 3.05) is 0 Å². The zero-order valence-electron chi connectivity index (χ0n) is 14.4. The topological polar surface area (TPSA) is 37.3 Å². The van der Waals surface area contributed by atoms with Gasteiger partial charge in [-0.1, -0.05) is 26.0 Å². The number of fused-ring (bicyclic) bond motifs is 2. The quantitative estimate of drug-likeness (QED) is 0.773. The van der Waals surface area contributed by atoms with Gasteiger partial charge in [0.05, 0.1) is 5.92 Å². The molecule has 5 saturated carbocycles. The molecule has 2 nitrogen and oxygen atoms in total. The van der Waals surface area contributed by atoms with Crippen molar-refractivity contribution < 1.29 is 9.90 Å². The van der Waals surface area contributed by atoms with Crippen LogP contribution in [0.4, 0.5) is 0 Å². The van der Waals surface area contributed by atoms with E-state index in [9.17, 15) is 9.90 Å². The van der Waals surface area contributed by atoms with Gasteiger partial charge in [-0.2, -0.15) is 0 Å². The molecule has 0 aliphatic heterocycles. The smallest absolute Gasteiger partial charge is 0.306 e. The molecular formula is C21H30O2. The van der Waals surface area contributed by atoms with Crippen LogP contribution in [0.2, 0.25) is 0 Å². The summed E-state index contributed by atoms with van der Waals surface area (Å²) in [6.07, 6.45) is 13.3. The standard InChI is InChI=1S/C21H30O2/c1-11(20(22)23)21(2)17-4-3-14(10-17)19(21)18-15-6-12-5-13(8-15)9-16(18)7-12/h3-4,11-19H,5-10H2,1-2H3,(H,22,23). The van der Waals surface area contributed by atoms with Gasteiger partial charge < -0.3 is 5.11 Å². The van der Waals surface area contributed by atoms with Gasteiger partial charge in [0.25, 0.3) is 0 Å². The molecule has 0 radical (unpaired) electrons. The van der Waals surface area contributed by atoms with E-state index in [1.165, 1.54) is 38.5 Å². The summed E-state index contributed by atoms with van der Waals surface area (Å²) in [4.78, 5) is 11.9. The number of rotatable bonds is 3. The molecule has 5 fully saturated rings. The highest BCUT2D eigenvalue weighted by molar-refractivity contribution is 5.71. The summed E-state index contributed by atoms with van der Waals surface area (Å²) < 4.78 is 0. The monoisotopic (exact) mass is 314 g/mol. The molecule has 0 amide bonds. The first-order chi connectivity index (χ1) is 11.0. The molecule has 0 aromatic carbocycles. The number of carbonyl (C=O) groups is 1. The van der Waals surface area contributed by atoms with Crippen molar-refractivity contribution in [3.05, 3.63) is 12.2 Å². The number of hydrogen-bond acceptors (Lipinski definition) is 1. The zero-order chi connectivity index (χ0) is 15.9. The van der Waals surface area contributed by atoms with Crippen molar-refractivity contribution >= 4 is 5.97 Å². The average molecular weight is 314 g/mol. The summed E-state index contributed by atoms with van der Waals surface area (Å²) >= 11 is 0. The molecule has 6 rings (SSSR count). The summed E-state index contributed by atoms with van der Waals surface area (Å²) in [7, 11) is 0. The molecule has 0 aromatic heterocycles. The van der Waals surface area contributed by atoms with E-state index in [4.69, 9.17) is 0 Å². The van der Waals surface area contributed by atoms with Crippen molar-refractivity contribution in [1.29, 1.82) is 0 Å².